The van der Waals surface area contributed by atoms with E-state index >= 15 is 0 Å². The highest BCUT2D eigenvalue weighted by Gasteiger charge is 2.54. The normalized spacial score (nSPS) is 26.7. The third-order valence-electron chi connectivity index (χ3n) is 20.4. The van der Waals surface area contributed by atoms with Gasteiger partial charge in [-0.3, -0.25) is 4.79 Å². The van der Waals surface area contributed by atoms with Crippen molar-refractivity contribution < 1.29 is 89.4 Å². The van der Waals surface area contributed by atoms with Gasteiger partial charge in [0.15, 0.2) is 18.9 Å². The first kappa shape index (κ1) is 92.0. The molecule has 0 bridgehead atoms. The lowest BCUT2D eigenvalue weighted by Gasteiger charge is -2.48. The first-order valence-electron chi connectivity index (χ1n) is 40.9. The van der Waals surface area contributed by atoms with Crippen LogP contribution in [0.15, 0.2) is 48.6 Å². The van der Waals surface area contributed by atoms with Gasteiger partial charge in [0.2, 0.25) is 5.91 Å². The van der Waals surface area contributed by atoms with E-state index < -0.39 is 124 Å². The van der Waals surface area contributed by atoms with E-state index in [4.69, 9.17) is 28.4 Å². The van der Waals surface area contributed by atoms with Gasteiger partial charge in [-0.25, -0.2) is 0 Å². The summed E-state index contributed by atoms with van der Waals surface area (Å²) in [5.41, 5.74) is 0. The highest BCUT2D eigenvalue weighted by Crippen LogP contribution is 2.33. The number of hydrogen-bond donors (Lipinski definition) is 12. The Labute approximate surface area is 605 Å². The molecule has 3 aliphatic heterocycles. The summed E-state index contributed by atoms with van der Waals surface area (Å²) < 4.78 is 34.5. The molecule has 0 radical (unpaired) electrons. The second-order valence-corrected chi connectivity index (χ2v) is 29.2. The van der Waals surface area contributed by atoms with E-state index in [0.29, 0.717) is 6.42 Å². The lowest BCUT2D eigenvalue weighted by Crippen LogP contribution is -2.66. The van der Waals surface area contributed by atoms with Crippen molar-refractivity contribution in [1.82, 2.24) is 5.32 Å². The van der Waals surface area contributed by atoms with E-state index in [1.54, 1.807) is 6.08 Å². The van der Waals surface area contributed by atoms with Gasteiger partial charge in [-0.15, -0.1) is 0 Å². The minimum atomic E-state index is -1.98. The van der Waals surface area contributed by atoms with Crippen LogP contribution in [0, 0.1) is 0 Å². The van der Waals surface area contributed by atoms with Crippen LogP contribution in [-0.2, 0) is 33.2 Å². The topological polar surface area (TPSA) is 307 Å². The van der Waals surface area contributed by atoms with E-state index in [0.717, 1.165) is 57.8 Å². The minimum absolute atomic E-state index is 0.245. The predicted octanol–water partition coefficient (Wildman–Crippen LogP) is 13.7. The summed E-state index contributed by atoms with van der Waals surface area (Å²) in [6, 6.07) is -0.974. The SMILES string of the molecule is CCCCCCC/C=C\C/C=C\C/C=C\CCCCCCCCCCCCCCCCCCCCC(=O)NC(COC1OC(CO)C(OC2OC(CO)C(OC3OC(CO)C(O)C(O)C3O)C(O)C2O)C(O)C1O)C(O)/C=C/CCCCCCCCCCCCCCCCCCCCCC. The molecule has 17 atom stereocenters. The van der Waals surface area contributed by atoms with Gasteiger partial charge in [0.1, 0.15) is 73.2 Å². The molecular formula is C81H149NO18. The second-order valence-electron chi connectivity index (χ2n) is 29.2. The zero-order valence-corrected chi connectivity index (χ0v) is 62.7. The third kappa shape index (κ3) is 41.6. The van der Waals surface area contributed by atoms with Crippen LogP contribution in [0.2, 0.25) is 0 Å². The quantitative estimate of drug-likeness (QED) is 0.0199. The zero-order valence-electron chi connectivity index (χ0n) is 62.7. The number of unbranched alkanes of at least 4 members (excludes halogenated alkanes) is 43. The molecule has 12 N–H and O–H groups in total. The summed E-state index contributed by atoms with van der Waals surface area (Å²) in [4.78, 5) is 13.5. The predicted molar refractivity (Wildman–Crippen MR) is 397 cm³/mol. The summed E-state index contributed by atoms with van der Waals surface area (Å²) in [6.07, 6.45) is 50.9. The molecule has 17 unspecified atom stereocenters. The molecule has 100 heavy (non-hydrogen) atoms. The Morgan fingerprint density at radius 3 is 1.03 bits per heavy atom. The lowest BCUT2D eigenvalue weighted by molar-refractivity contribution is -0.379. The van der Waals surface area contributed by atoms with Crippen LogP contribution >= 0.6 is 0 Å². The number of hydrogen-bond acceptors (Lipinski definition) is 18. The molecule has 0 spiro atoms. The number of nitrogens with one attached hydrogen (secondary N) is 1. The first-order valence-corrected chi connectivity index (χ1v) is 40.9. The Bertz CT molecular complexity index is 1990. The zero-order chi connectivity index (χ0) is 72.5. The monoisotopic (exact) mass is 1420 g/mol. The maximum Gasteiger partial charge on any atom is 0.220 e. The van der Waals surface area contributed by atoms with Gasteiger partial charge in [-0.1, -0.05) is 313 Å². The van der Waals surface area contributed by atoms with Crippen molar-refractivity contribution >= 4 is 5.91 Å². The number of carbonyl (C=O) groups is 1. The van der Waals surface area contributed by atoms with Crippen LogP contribution < -0.4 is 5.32 Å². The largest absolute Gasteiger partial charge is 0.394 e. The number of ether oxygens (including phenoxy) is 6. The molecule has 0 saturated carbocycles. The molecule has 0 aromatic heterocycles. The van der Waals surface area contributed by atoms with Crippen LogP contribution in [0.25, 0.3) is 0 Å². The summed E-state index contributed by atoms with van der Waals surface area (Å²) in [6.45, 7) is 1.77. The number of aliphatic hydroxyl groups excluding tert-OH is 11. The van der Waals surface area contributed by atoms with Crippen molar-refractivity contribution in [1.29, 1.82) is 0 Å². The lowest BCUT2D eigenvalue weighted by atomic mass is 9.96. The molecule has 3 rings (SSSR count). The standard InChI is InChI=1S/C81H149NO18/c1-3-5-7-9-11-13-15-17-19-21-23-25-27-28-29-30-31-32-33-34-35-36-37-39-41-43-45-47-49-51-53-55-57-59-69(87)82-64(65(86)58-56-54-52-50-48-46-44-42-40-38-26-24-22-20-18-16-14-12-10-8-6-4-2)63-95-79-75(93)72(90)77(67(61-84)97-79)100-81-76(94)73(91)78(68(62-85)98-81)99-80-74(92)71(89)70(88)66(60-83)96-80/h15,17,21,23,27-28,56,58,64-68,70-81,83-86,88-94H,3-14,16,18-20,22,24-26,29-55,57,59-63H2,1-2H3,(H,82,87)/b17-15-,23-21-,28-27-,58-56+. The van der Waals surface area contributed by atoms with Crippen molar-refractivity contribution in [2.75, 3.05) is 26.4 Å². The number of allylic oxidation sites excluding steroid dienone is 7. The molecule has 1 amide bonds. The van der Waals surface area contributed by atoms with Gasteiger partial charge >= 0.3 is 0 Å². The average molecular weight is 1430 g/mol. The maximum atomic E-state index is 13.5. The summed E-state index contributed by atoms with van der Waals surface area (Å²) in [5, 5.41) is 121. The number of rotatable bonds is 65. The fourth-order valence-electron chi connectivity index (χ4n) is 13.8. The Hall–Kier alpha value is -2.25. The molecule has 0 aliphatic carbocycles. The van der Waals surface area contributed by atoms with Crippen LogP contribution in [0.3, 0.4) is 0 Å². The average Bonchev–Trinajstić information content (AvgIpc) is 0.783. The van der Waals surface area contributed by atoms with E-state index in [1.807, 2.05) is 6.08 Å². The molecule has 19 nitrogen and oxygen atoms in total. The van der Waals surface area contributed by atoms with Crippen molar-refractivity contribution in [3.8, 4) is 0 Å². The molecule has 3 saturated heterocycles. The highest BCUT2D eigenvalue weighted by atomic mass is 16.8. The van der Waals surface area contributed by atoms with E-state index in [9.17, 15) is 61.0 Å². The van der Waals surface area contributed by atoms with Gasteiger partial charge in [-0.05, 0) is 57.8 Å². The smallest absolute Gasteiger partial charge is 0.220 e. The van der Waals surface area contributed by atoms with Crippen LogP contribution in [-0.4, -0.2) is 193 Å². The van der Waals surface area contributed by atoms with Gasteiger partial charge in [0.05, 0.1) is 38.6 Å². The summed E-state index contributed by atoms with van der Waals surface area (Å²) in [5.74, 6) is -0.271. The Balaban J connectivity index is 1.36. The van der Waals surface area contributed by atoms with Crippen molar-refractivity contribution in [2.24, 2.45) is 0 Å². The van der Waals surface area contributed by atoms with Crippen LogP contribution in [0.4, 0.5) is 0 Å². The molecule has 19 heteroatoms. The summed E-state index contributed by atoms with van der Waals surface area (Å²) in [7, 11) is 0. The van der Waals surface area contributed by atoms with E-state index in [2.05, 4.69) is 55.6 Å². The number of amides is 1. The van der Waals surface area contributed by atoms with Crippen LogP contribution in [0.5, 0.6) is 0 Å². The Morgan fingerprint density at radius 1 is 0.360 bits per heavy atom. The van der Waals surface area contributed by atoms with Crippen molar-refractivity contribution in [3.05, 3.63) is 48.6 Å². The molecule has 3 fully saturated rings. The summed E-state index contributed by atoms with van der Waals surface area (Å²) >= 11 is 0. The molecule has 3 heterocycles. The third-order valence-corrected chi connectivity index (χ3v) is 20.4. The van der Waals surface area contributed by atoms with Gasteiger partial charge in [0.25, 0.3) is 0 Å². The van der Waals surface area contributed by atoms with Crippen molar-refractivity contribution in [2.45, 2.75) is 433 Å². The van der Waals surface area contributed by atoms with E-state index in [-0.39, 0.29) is 18.9 Å². The fraction of sp³-hybridized carbons (Fsp3) is 0.889. The Kier molecular flexibility index (Phi) is 56.9. The van der Waals surface area contributed by atoms with Gasteiger partial charge < -0.3 is 89.9 Å². The Morgan fingerprint density at radius 2 is 0.660 bits per heavy atom. The van der Waals surface area contributed by atoms with Crippen molar-refractivity contribution in [3.63, 3.8) is 0 Å². The minimum Gasteiger partial charge on any atom is -0.394 e. The maximum absolute atomic E-state index is 13.5. The fourth-order valence-corrected chi connectivity index (χ4v) is 13.8. The first-order chi connectivity index (χ1) is 48.8. The molecule has 3 aliphatic rings. The van der Waals surface area contributed by atoms with Gasteiger partial charge in [-0.2, -0.15) is 0 Å². The molecule has 0 aromatic carbocycles. The van der Waals surface area contributed by atoms with E-state index in [1.165, 1.54) is 244 Å². The highest BCUT2D eigenvalue weighted by molar-refractivity contribution is 5.76. The second kappa shape index (κ2) is 61.9. The number of carbonyl (C=O) groups excluding carboxylic acids is 1. The van der Waals surface area contributed by atoms with Gasteiger partial charge in [0, 0.05) is 6.42 Å². The molecule has 586 valence electrons. The van der Waals surface area contributed by atoms with Crippen LogP contribution in [0.1, 0.15) is 328 Å². The molecule has 0 aromatic rings. The molecular weight excluding hydrogens is 1270 g/mol. The number of aliphatic hydroxyl groups is 11.